The van der Waals surface area contributed by atoms with Gasteiger partial charge in [0.15, 0.2) is 0 Å². The molecule has 1 aliphatic carbocycles. The Kier molecular flexibility index (Phi) is 2.78. The highest BCUT2D eigenvalue weighted by molar-refractivity contribution is 5.85. The SMILES string of the molecule is Cc1c(C2CC2)ccc2c1CN[C@H]2C.Cl. The van der Waals surface area contributed by atoms with Crippen molar-refractivity contribution in [2.45, 2.75) is 45.2 Å². The number of rotatable bonds is 1. The summed E-state index contributed by atoms with van der Waals surface area (Å²) in [6, 6.07) is 5.24. The van der Waals surface area contributed by atoms with Crippen molar-refractivity contribution in [3.8, 4) is 0 Å². The Labute approximate surface area is 97.7 Å². The van der Waals surface area contributed by atoms with Crippen LogP contribution in [0.4, 0.5) is 0 Å². The molecule has 1 fully saturated rings. The zero-order valence-electron chi connectivity index (χ0n) is 9.34. The molecule has 1 nitrogen and oxygen atoms in total. The third kappa shape index (κ3) is 1.68. The number of halogens is 1. The molecule has 0 saturated heterocycles. The van der Waals surface area contributed by atoms with Crippen LogP contribution in [-0.4, -0.2) is 0 Å². The predicted molar refractivity (Wildman–Crippen MR) is 65.7 cm³/mol. The molecule has 1 saturated carbocycles. The largest absolute Gasteiger partial charge is 0.306 e. The van der Waals surface area contributed by atoms with Crippen molar-refractivity contribution in [3.05, 3.63) is 34.4 Å². The third-order valence-corrected chi connectivity index (χ3v) is 3.75. The minimum absolute atomic E-state index is 0. The molecule has 0 unspecified atom stereocenters. The van der Waals surface area contributed by atoms with Gasteiger partial charge in [-0.3, -0.25) is 0 Å². The van der Waals surface area contributed by atoms with Crippen LogP contribution in [0.2, 0.25) is 0 Å². The molecule has 1 aliphatic heterocycles. The van der Waals surface area contributed by atoms with Crippen molar-refractivity contribution >= 4 is 12.4 Å². The predicted octanol–water partition coefficient (Wildman–Crippen LogP) is 3.46. The standard InChI is InChI=1S/C13H17N.ClH/c1-8-11(10-3-4-10)5-6-12-9(2)14-7-13(8)12;/h5-6,9-10,14H,3-4,7H2,1-2H3;1H/t9-;/m0./s1. The highest BCUT2D eigenvalue weighted by Crippen LogP contribution is 2.43. The Morgan fingerprint density at radius 1 is 1.20 bits per heavy atom. The van der Waals surface area contributed by atoms with Gasteiger partial charge in [-0.05, 0) is 54.9 Å². The van der Waals surface area contributed by atoms with Crippen LogP contribution in [0.25, 0.3) is 0 Å². The van der Waals surface area contributed by atoms with E-state index < -0.39 is 0 Å². The molecule has 0 aromatic heterocycles. The first-order chi connectivity index (χ1) is 6.77. The van der Waals surface area contributed by atoms with Gasteiger partial charge in [0, 0.05) is 12.6 Å². The zero-order chi connectivity index (χ0) is 9.71. The van der Waals surface area contributed by atoms with Gasteiger partial charge in [0.1, 0.15) is 0 Å². The summed E-state index contributed by atoms with van der Waals surface area (Å²) in [7, 11) is 0. The molecule has 1 aromatic carbocycles. The Balaban J connectivity index is 0.000000853. The molecular formula is C13H18ClN. The van der Waals surface area contributed by atoms with E-state index in [0.29, 0.717) is 6.04 Å². The molecule has 2 heteroatoms. The van der Waals surface area contributed by atoms with Gasteiger partial charge in [0.2, 0.25) is 0 Å². The Hall–Kier alpha value is -0.530. The monoisotopic (exact) mass is 223 g/mol. The molecule has 0 amide bonds. The van der Waals surface area contributed by atoms with Crippen molar-refractivity contribution in [1.29, 1.82) is 0 Å². The highest BCUT2D eigenvalue weighted by Gasteiger charge is 2.28. The number of benzene rings is 1. The van der Waals surface area contributed by atoms with Crippen molar-refractivity contribution in [2.24, 2.45) is 0 Å². The summed E-state index contributed by atoms with van der Waals surface area (Å²) in [6.45, 7) is 5.62. The van der Waals surface area contributed by atoms with Gasteiger partial charge in [-0.1, -0.05) is 12.1 Å². The second kappa shape index (κ2) is 3.80. The zero-order valence-corrected chi connectivity index (χ0v) is 10.2. The summed E-state index contributed by atoms with van der Waals surface area (Å²) in [6.07, 6.45) is 2.81. The van der Waals surface area contributed by atoms with Crippen molar-refractivity contribution in [3.63, 3.8) is 0 Å². The van der Waals surface area contributed by atoms with Crippen LogP contribution in [0, 0.1) is 6.92 Å². The van der Waals surface area contributed by atoms with Crippen LogP contribution in [0.3, 0.4) is 0 Å². The van der Waals surface area contributed by atoms with Crippen molar-refractivity contribution in [2.75, 3.05) is 0 Å². The fourth-order valence-corrected chi connectivity index (χ4v) is 2.64. The maximum atomic E-state index is 3.51. The first-order valence-electron chi connectivity index (χ1n) is 5.63. The molecule has 2 aliphatic rings. The van der Waals surface area contributed by atoms with Gasteiger partial charge in [-0.2, -0.15) is 0 Å². The van der Waals surface area contributed by atoms with Crippen LogP contribution in [0.1, 0.15) is 54.0 Å². The quantitative estimate of drug-likeness (QED) is 0.769. The van der Waals surface area contributed by atoms with Crippen LogP contribution in [0.5, 0.6) is 0 Å². The van der Waals surface area contributed by atoms with E-state index in [1.165, 1.54) is 18.4 Å². The first-order valence-corrected chi connectivity index (χ1v) is 5.63. The third-order valence-electron chi connectivity index (χ3n) is 3.75. The lowest BCUT2D eigenvalue weighted by Crippen LogP contribution is -2.06. The van der Waals surface area contributed by atoms with E-state index in [1.54, 1.807) is 16.7 Å². The Bertz CT molecular complexity index is 382. The number of hydrogen-bond donors (Lipinski definition) is 1. The van der Waals surface area contributed by atoms with Crippen LogP contribution < -0.4 is 5.32 Å². The normalized spacial score (nSPS) is 23.5. The van der Waals surface area contributed by atoms with E-state index in [2.05, 4.69) is 31.3 Å². The minimum Gasteiger partial charge on any atom is -0.306 e. The highest BCUT2D eigenvalue weighted by atomic mass is 35.5. The molecule has 1 atom stereocenters. The second-order valence-electron chi connectivity index (χ2n) is 4.72. The molecule has 0 bridgehead atoms. The second-order valence-corrected chi connectivity index (χ2v) is 4.72. The van der Waals surface area contributed by atoms with Gasteiger partial charge < -0.3 is 5.32 Å². The topological polar surface area (TPSA) is 12.0 Å². The first kappa shape index (κ1) is 11.0. The number of fused-ring (bicyclic) bond motifs is 1. The lowest BCUT2D eigenvalue weighted by molar-refractivity contribution is 0.633. The summed E-state index contributed by atoms with van der Waals surface area (Å²) in [5.41, 5.74) is 6.26. The fourth-order valence-electron chi connectivity index (χ4n) is 2.64. The number of nitrogens with one attached hydrogen (secondary N) is 1. The van der Waals surface area contributed by atoms with E-state index >= 15 is 0 Å². The summed E-state index contributed by atoms with van der Waals surface area (Å²) in [5, 5.41) is 3.51. The molecular weight excluding hydrogens is 206 g/mol. The number of hydrogen-bond acceptors (Lipinski definition) is 1. The molecule has 1 N–H and O–H groups in total. The summed E-state index contributed by atoms with van der Waals surface area (Å²) in [4.78, 5) is 0. The average Bonchev–Trinajstić information content (AvgIpc) is 2.93. The molecule has 82 valence electrons. The Morgan fingerprint density at radius 3 is 2.53 bits per heavy atom. The smallest absolute Gasteiger partial charge is 0.0298 e. The maximum absolute atomic E-state index is 3.51. The van der Waals surface area contributed by atoms with Crippen LogP contribution in [0.15, 0.2) is 12.1 Å². The van der Waals surface area contributed by atoms with Gasteiger partial charge in [-0.25, -0.2) is 0 Å². The van der Waals surface area contributed by atoms with Crippen LogP contribution >= 0.6 is 12.4 Å². The van der Waals surface area contributed by atoms with Crippen LogP contribution in [-0.2, 0) is 6.54 Å². The van der Waals surface area contributed by atoms with Gasteiger partial charge >= 0.3 is 0 Å². The van der Waals surface area contributed by atoms with E-state index in [9.17, 15) is 0 Å². The van der Waals surface area contributed by atoms with E-state index in [0.717, 1.165) is 12.5 Å². The van der Waals surface area contributed by atoms with Gasteiger partial charge in [0.05, 0.1) is 0 Å². The molecule has 1 heterocycles. The summed E-state index contributed by atoms with van der Waals surface area (Å²) < 4.78 is 0. The average molecular weight is 224 g/mol. The summed E-state index contributed by atoms with van der Waals surface area (Å²) >= 11 is 0. The van der Waals surface area contributed by atoms with Gasteiger partial charge in [-0.15, -0.1) is 12.4 Å². The van der Waals surface area contributed by atoms with Gasteiger partial charge in [0.25, 0.3) is 0 Å². The lowest BCUT2D eigenvalue weighted by atomic mass is 9.94. The fraction of sp³-hybridized carbons (Fsp3) is 0.538. The molecule has 0 spiro atoms. The molecule has 15 heavy (non-hydrogen) atoms. The maximum Gasteiger partial charge on any atom is 0.0298 e. The van der Waals surface area contributed by atoms with E-state index in [1.807, 2.05) is 0 Å². The van der Waals surface area contributed by atoms with Crippen molar-refractivity contribution in [1.82, 2.24) is 5.32 Å². The van der Waals surface area contributed by atoms with Crippen molar-refractivity contribution < 1.29 is 0 Å². The molecule has 1 aromatic rings. The lowest BCUT2D eigenvalue weighted by Gasteiger charge is -2.10. The minimum atomic E-state index is 0. The Morgan fingerprint density at radius 2 is 1.87 bits per heavy atom. The summed E-state index contributed by atoms with van der Waals surface area (Å²) in [5.74, 6) is 0.885. The molecule has 0 radical (unpaired) electrons. The van der Waals surface area contributed by atoms with E-state index in [4.69, 9.17) is 0 Å². The molecule has 3 rings (SSSR count). The van der Waals surface area contributed by atoms with E-state index in [-0.39, 0.29) is 12.4 Å².